The van der Waals surface area contributed by atoms with Crippen LogP contribution in [0.5, 0.6) is 0 Å². The summed E-state index contributed by atoms with van der Waals surface area (Å²) in [6, 6.07) is 8.30. The van der Waals surface area contributed by atoms with E-state index in [0.717, 1.165) is 18.8 Å². The van der Waals surface area contributed by atoms with Crippen LogP contribution in [-0.4, -0.2) is 26.0 Å². The monoisotopic (exact) mass is 246 g/mol. The number of hydrogen-bond acceptors (Lipinski definition) is 2. The van der Waals surface area contributed by atoms with E-state index in [0.29, 0.717) is 0 Å². The van der Waals surface area contributed by atoms with Gasteiger partial charge in [-0.3, -0.25) is 4.79 Å². The average Bonchev–Trinajstić information content (AvgIpc) is 2.91. The number of benzene rings is 1. The molecule has 1 amide bonds. The number of carbonyl (C=O) groups excluding carboxylic acids is 1. The van der Waals surface area contributed by atoms with Gasteiger partial charge in [-0.05, 0) is 37.1 Å². The van der Waals surface area contributed by atoms with Gasteiger partial charge in [-0.25, -0.2) is 0 Å². The highest BCUT2D eigenvalue weighted by Crippen LogP contribution is 2.23. The summed E-state index contributed by atoms with van der Waals surface area (Å²) in [4.78, 5) is 16.0. The van der Waals surface area contributed by atoms with Crippen molar-refractivity contribution in [2.45, 2.75) is 26.7 Å². The van der Waals surface area contributed by atoms with Gasteiger partial charge in [-0.1, -0.05) is 13.8 Å². The number of nitrogens with zero attached hydrogens (tertiary/aromatic N) is 2. The molecule has 98 valence electrons. The topological polar surface area (TPSA) is 23.6 Å². The smallest absolute Gasteiger partial charge is 0.229 e. The van der Waals surface area contributed by atoms with Crippen molar-refractivity contribution in [1.29, 1.82) is 0 Å². The molecule has 3 heteroatoms. The number of amides is 1. The van der Waals surface area contributed by atoms with Crippen LogP contribution < -0.4 is 9.80 Å². The van der Waals surface area contributed by atoms with Crippen LogP contribution in [0.15, 0.2) is 24.3 Å². The van der Waals surface area contributed by atoms with E-state index in [4.69, 9.17) is 0 Å². The maximum absolute atomic E-state index is 11.9. The fourth-order valence-electron chi connectivity index (χ4n) is 2.38. The van der Waals surface area contributed by atoms with Crippen LogP contribution in [-0.2, 0) is 4.79 Å². The molecule has 0 aromatic heterocycles. The van der Waals surface area contributed by atoms with Crippen molar-refractivity contribution in [3.05, 3.63) is 24.3 Å². The summed E-state index contributed by atoms with van der Waals surface area (Å²) < 4.78 is 0. The molecule has 1 aliphatic heterocycles. The largest absolute Gasteiger partial charge is 0.372 e. The number of hydrogen-bond donors (Lipinski definition) is 0. The summed E-state index contributed by atoms with van der Waals surface area (Å²) in [5, 5.41) is 0. The lowest BCUT2D eigenvalue weighted by atomic mass is 10.1. The molecule has 1 heterocycles. The number of rotatable bonds is 3. The van der Waals surface area contributed by atoms with E-state index < -0.39 is 0 Å². The lowest BCUT2D eigenvalue weighted by molar-refractivity contribution is -0.121. The van der Waals surface area contributed by atoms with Crippen molar-refractivity contribution >= 4 is 17.3 Å². The first-order chi connectivity index (χ1) is 8.59. The molecule has 1 aliphatic rings. The van der Waals surface area contributed by atoms with Gasteiger partial charge in [-0.15, -0.1) is 0 Å². The molecular formula is C15H22N2O. The first-order valence-corrected chi connectivity index (χ1v) is 6.72. The van der Waals surface area contributed by atoms with Gasteiger partial charge in [0.25, 0.3) is 0 Å². The zero-order chi connectivity index (χ0) is 13.1. The van der Waals surface area contributed by atoms with E-state index >= 15 is 0 Å². The zero-order valence-corrected chi connectivity index (χ0v) is 11.5. The van der Waals surface area contributed by atoms with Crippen LogP contribution in [0.4, 0.5) is 11.4 Å². The Hall–Kier alpha value is -1.51. The van der Waals surface area contributed by atoms with E-state index in [1.807, 2.05) is 33.0 Å². The highest BCUT2D eigenvalue weighted by Gasteiger charge is 2.16. The number of anilines is 2. The Kier molecular flexibility index (Phi) is 3.90. The third-order valence-corrected chi connectivity index (χ3v) is 3.53. The second-order valence-electron chi connectivity index (χ2n) is 5.26. The molecule has 2 rings (SSSR count). The molecule has 18 heavy (non-hydrogen) atoms. The molecule has 0 saturated carbocycles. The van der Waals surface area contributed by atoms with Gasteiger partial charge in [-0.2, -0.15) is 0 Å². The molecule has 0 aliphatic carbocycles. The van der Waals surface area contributed by atoms with E-state index in [1.54, 1.807) is 4.90 Å². The molecule has 0 spiro atoms. The summed E-state index contributed by atoms with van der Waals surface area (Å²) in [5.41, 5.74) is 2.23. The zero-order valence-electron chi connectivity index (χ0n) is 11.5. The minimum Gasteiger partial charge on any atom is -0.372 e. The highest BCUT2D eigenvalue weighted by atomic mass is 16.2. The third-order valence-electron chi connectivity index (χ3n) is 3.53. The van der Waals surface area contributed by atoms with Gasteiger partial charge in [0.05, 0.1) is 0 Å². The molecule has 1 fully saturated rings. The van der Waals surface area contributed by atoms with Crippen LogP contribution in [0.2, 0.25) is 0 Å². The van der Waals surface area contributed by atoms with Crippen molar-refractivity contribution in [2.75, 3.05) is 29.9 Å². The Balaban J connectivity index is 2.09. The van der Waals surface area contributed by atoms with E-state index in [-0.39, 0.29) is 11.8 Å². The summed E-state index contributed by atoms with van der Waals surface area (Å²) in [5.74, 6) is 0.192. The Morgan fingerprint density at radius 3 is 2.22 bits per heavy atom. The SMILES string of the molecule is CC(C)C(=O)N(C)c1ccc(N2CCCC2)cc1. The molecule has 1 aromatic carbocycles. The first kappa shape index (κ1) is 12.9. The van der Waals surface area contributed by atoms with Crippen molar-refractivity contribution in [1.82, 2.24) is 0 Å². The van der Waals surface area contributed by atoms with Gasteiger partial charge in [0.15, 0.2) is 0 Å². The lowest BCUT2D eigenvalue weighted by Gasteiger charge is -2.22. The van der Waals surface area contributed by atoms with Crippen LogP contribution >= 0.6 is 0 Å². The van der Waals surface area contributed by atoms with Crippen molar-refractivity contribution in [3.63, 3.8) is 0 Å². The van der Waals surface area contributed by atoms with Crippen LogP contribution in [0.25, 0.3) is 0 Å². The standard InChI is InChI=1S/C15H22N2O/c1-12(2)15(18)16(3)13-6-8-14(9-7-13)17-10-4-5-11-17/h6-9,12H,4-5,10-11H2,1-3H3. The van der Waals surface area contributed by atoms with Gasteiger partial charge in [0.2, 0.25) is 5.91 Å². The first-order valence-electron chi connectivity index (χ1n) is 6.72. The van der Waals surface area contributed by atoms with Gasteiger partial charge in [0, 0.05) is 37.4 Å². The normalized spacial score (nSPS) is 15.2. The molecule has 0 atom stereocenters. The summed E-state index contributed by atoms with van der Waals surface area (Å²) in [6.45, 7) is 6.16. The molecule has 1 saturated heterocycles. The fourth-order valence-corrected chi connectivity index (χ4v) is 2.38. The van der Waals surface area contributed by atoms with Crippen LogP contribution in [0, 0.1) is 5.92 Å². The summed E-state index contributed by atoms with van der Waals surface area (Å²) >= 11 is 0. The third kappa shape index (κ3) is 2.66. The average molecular weight is 246 g/mol. The lowest BCUT2D eigenvalue weighted by Crippen LogP contribution is -2.30. The van der Waals surface area contributed by atoms with Crippen LogP contribution in [0.1, 0.15) is 26.7 Å². The van der Waals surface area contributed by atoms with Gasteiger partial charge in [0.1, 0.15) is 0 Å². The number of carbonyl (C=O) groups is 1. The molecule has 1 aromatic rings. The van der Waals surface area contributed by atoms with E-state index in [1.165, 1.54) is 18.5 Å². The van der Waals surface area contributed by atoms with Gasteiger partial charge >= 0.3 is 0 Å². The Morgan fingerprint density at radius 1 is 1.17 bits per heavy atom. The second kappa shape index (κ2) is 5.42. The molecular weight excluding hydrogens is 224 g/mol. The minimum absolute atomic E-state index is 0.0354. The predicted molar refractivity (Wildman–Crippen MR) is 76.1 cm³/mol. The van der Waals surface area contributed by atoms with Gasteiger partial charge < -0.3 is 9.80 Å². The molecule has 0 radical (unpaired) electrons. The van der Waals surface area contributed by atoms with Crippen molar-refractivity contribution < 1.29 is 4.79 Å². The van der Waals surface area contributed by atoms with Crippen LogP contribution in [0.3, 0.4) is 0 Å². The quantitative estimate of drug-likeness (QED) is 0.818. The summed E-state index contributed by atoms with van der Waals surface area (Å²) in [6.07, 6.45) is 2.57. The molecule has 0 unspecified atom stereocenters. The Bertz CT molecular complexity index is 405. The molecule has 0 N–H and O–H groups in total. The maximum atomic E-state index is 11.9. The Morgan fingerprint density at radius 2 is 1.72 bits per heavy atom. The maximum Gasteiger partial charge on any atom is 0.229 e. The fraction of sp³-hybridized carbons (Fsp3) is 0.533. The second-order valence-corrected chi connectivity index (χ2v) is 5.26. The predicted octanol–water partition coefficient (Wildman–Crippen LogP) is 2.91. The summed E-state index contributed by atoms with van der Waals surface area (Å²) in [7, 11) is 1.84. The van der Waals surface area contributed by atoms with Crippen molar-refractivity contribution in [3.8, 4) is 0 Å². The van der Waals surface area contributed by atoms with E-state index in [9.17, 15) is 4.79 Å². The van der Waals surface area contributed by atoms with E-state index in [2.05, 4.69) is 17.0 Å². The molecule has 3 nitrogen and oxygen atoms in total. The molecule has 0 bridgehead atoms. The van der Waals surface area contributed by atoms with Crippen molar-refractivity contribution in [2.24, 2.45) is 5.92 Å². The highest BCUT2D eigenvalue weighted by molar-refractivity contribution is 5.94. The minimum atomic E-state index is 0.0354. The Labute approximate surface area is 109 Å².